The average Bonchev–Trinajstić information content (AvgIpc) is 3.19. The van der Waals surface area contributed by atoms with Crippen molar-refractivity contribution >= 4 is 28.3 Å². The number of aromatic nitrogens is 2. The van der Waals surface area contributed by atoms with Crippen molar-refractivity contribution in [2.24, 2.45) is 5.92 Å². The van der Waals surface area contributed by atoms with Gasteiger partial charge in [0, 0.05) is 44.0 Å². The van der Waals surface area contributed by atoms with Crippen molar-refractivity contribution in [3.63, 3.8) is 0 Å². The first-order chi connectivity index (χ1) is 11.6. The Balaban J connectivity index is 1.94. The molecule has 0 aromatic carbocycles. The number of likely N-dealkylation sites (N-methyl/N-ethyl adjacent to an activating group) is 1. The molecule has 1 fully saturated rings. The van der Waals surface area contributed by atoms with Crippen LogP contribution >= 0.6 is 0 Å². The summed E-state index contributed by atoms with van der Waals surface area (Å²) in [5.41, 5.74) is 2.08. The molecule has 7 nitrogen and oxygen atoms in total. The number of pyridine rings is 1. The first-order valence-electron chi connectivity index (χ1n) is 7.78. The highest BCUT2D eigenvalue weighted by Gasteiger charge is 2.35. The summed E-state index contributed by atoms with van der Waals surface area (Å²) < 4.78 is 0. The minimum absolute atomic E-state index is 0.0895. The number of aromatic amines is 1. The third kappa shape index (κ3) is 2.55. The number of H-pyrrole nitrogens is 1. The van der Waals surface area contributed by atoms with Gasteiger partial charge in [0.2, 0.25) is 11.6 Å². The second-order valence-electron chi connectivity index (χ2n) is 6.13. The van der Waals surface area contributed by atoms with Crippen molar-refractivity contribution in [1.29, 1.82) is 5.26 Å². The van der Waals surface area contributed by atoms with E-state index < -0.39 is 0 Å². The van der Waals surface area contributed by atoms with E-state index in [9.17, 15) is 4.79 Å². The molecule has 0 aliphatic carbocycles. The fraction of sp³-hybridized carbons (Fsp3) is 0.412. The maximum Gasteiger partial charge on any atom is 0.236 e. The molecule has 24 heavy (non-hydrogen) atoms. The molecular formula is C17H18N6O. The Hall–Kier alpha value is -3.06. The Kier molecular flexibility index (Phi) is 4.09. The van der Waals surface area contributed by atoms with Gasteiger partial charge in [0.05, 0.1) is 18.3 Å². The smallest absolute Gasteiger partial charge is 0.236 e. The normalized spacial score (nSPS) is 19.9. The number of carbonyl (C=O) groups excluding carboxylic acids is 1. The Morgan fingerprint density at radius 1 is 1.62 bits per heavy atom. The van der Waals surface area contributed by atoms with Crippen LogP contribution in [-0.4, -0.2) is 47.0 Å². The lowest BCUT2D eigenvalue weighted by Gasteiger charge is -2.30. The molecule has 122 valence electrons. The van der Waals surface area contributed by atoms with Crippen LogP contribution in [0.15, 0.2) is 18.5 Å². The largest absolute Gasteiger partial charge is 0.378 e. The number of nitriles is 1. The van der Waals surface area contributed by atoms with Crippen molar-refractivity contribution in [3.8, 4) is 6.07 Å². The summed E-state index contributed by atoms with van der Waals surface area (Å²) in [6.07, 6.45) is 3.30. The van der Waals surface area contributed by atoms with Gasteiger partial charge in [-0.2, -0.15) is 5.26 Å². The molecule has 0 radical (unpaired) electrons. The zero-order chi connectivity index (χ0) is 17.3. The highest BCUT2D eigenvalue weighted by atomic mass is 16.2. The van der Waals surface area contributed by atoms with Gasteiger partial charge in [-0.15, -0.1) is 0 Å². The number of nitrogens with one attached hydrogen (secondary N) is 1. The minimum atomic E-state index is -0.132. The number of anilines is 1. The Morgan fingerprint density at radius 3 is 3.12 bits per heavy atom. The molecule has 0 spiro atoms. The van der Waals surface area contributed by atoms with Gasteiger partial charge in [-0.05, 0) is 12.0 Å². The van der Waals surface area contributed by atoms with E-state index in [1.54, 1.807) is 11.1 Å². The van der Waals surface area contributed by atoms with Gasteiger partial charge in [0.15, 0.2) is 0 Å². The van der Waals surface area contributed by atoms with Crippen LogP contribution in [0.4, 0.5) is 11.4 Å². The topological polar surface area (TPSA) is 80.4 Å². The number of carbonyl (C=O) groups is 1. The van der Waals surface area contributed by atoms with Crippen LogP contribution in [0.5, 0.6) is 0 Å². The second kappa shape index (κ2) is 6.21. The maximum absolute atomic E-state index is 12.0. The predicted octanol–water partition coefficient (Wildman–Crippen LogP) is 2.31. The second-order valence-corrected chi connectivity index (χ2v) is 6.13. The highest BCUT2D eigenvalue weighted by molar-refractivity contribution is 5.97. The quantitative estimate of drug-likeness (QED) is 0.879. The van der Waals surface area contributed by atoms with Crippen LogP contribution in [0.3, 0.4) is 0 Å². The Bertz CT molecular complexity index is 858. The molecule has 1 aliphatic rings. The molecule has 3 heterocycles. The van der Waals surface area contributed by atoms with Crippen LogP contribution in [0.2, 0.25) is 0 Å². The average molecular weight is 322 g/mol. The predicted molar refractivity (Wildman–Crippen MR) is 90.5 cm³/mol. The van der Waals surface area contributed by atoms with Crippen LogP contribution in [0.25, 0.3) is 15.9 Å². The number of amides is 1. The Labute approximate surface area is 140 Å². The van der Waals surface area contributed by atoms with E-state index in [1.165, 1.54) is 0 Å². The van der Waals surface area contributed by atoms with Crippen LogP contribution in [0, 0.1) is 23.8 Å². The van der Waals surface area contributed by atoms with Crippen molar-refractivity contribution in [3.05, 3.63) is 29.9 Å². The van der Waals surface area contributed by atoms with E-state index in [0.29, 0.717) is 18.8 Å². The fourth-order valence-corrected chi connectivity index (χ4v) is 3.44. The number of hydrogen-bond acceptors (Lipinski definition) is 4. The van der Waals surface area contributed by atoms with Crippen LogP contribution in [0.1, 0.15) is 13.3 Å². The van der Waals surface area contributed by atoms with Gasteiger partial charge in [0.25, 0.3) is 0 Å². The zero-order valence-electron chi connectivity index (χ0n) is 13.7. The molecule has 1 amide bonds. The number of rotatable bonds is 3. The van der Waals surface area contributed by atoms with E-state index in [0.717, 1.165) is 16.7 Å². The number of fused-ring (bicyclic) bond motifs is 1. The van der Waals surface area contributed by atoms with Crippen LogP contribution < -0.4 is 4.90 Å². The SMILES string of the molecule is [C-]#[N+]c1cnc2[nH]ccc2c1N(C)[C@H]1CN(C(=O)CC#N)C[C@H]1C. The van der Waals surface area contributed by atoms with Gasteiger partial charge >= 0.3 is 0 Å². The van der Waals surface area contributed by atoms with E-state index in [4.69, 9.17) is 11.8 Å². The van der Waals surface area contributed by atoms with E-state index in [-0.39, 0.29) is 24.3 Å². The molecule has 2 aromatic rings. The van der Waals surface area contributed by atoms with Crippen molar-refractivity contribution < 1.29 is 4.79 Å². The van der Waals surface area contributed by atoms with Gasteiger partial charge < -0.3 is 14.8 Å². The maximum atomic E-state index is 12.0. The molecule has 7 heteroatoms. The summed E-state index contributed by atoms with van der Waals surface area (Å²) in [6, 6.07) is 3.93. The number of hydrogen-bond donors (Lipinski definition) is 1. The molecule has 1 N–H and O–H groups in total. The van der Waals surface area contributed by atoms with Crippen molar-refractivity contribution in [1.82, 2.24) is 14.9 Å². The standard InChI is InChI=1S/C17H18N6O/c1-11-9-23(15(24)4-6-18)10-14(11)22(3)16-12-5-7-20-17(12)21-8-13(16)19-2/h5,7-8,11,14H,4,9-10H2,1,3H3,(H,20,21)/t11-,14+/m1/s1. The zero-order valence-corrected chi connectivity index (χ0v) is 13.7. The van der Waals surface area contributed by atoms with Gasteiger partial charge in [-0.3, -0.25) is 9.78 Å². The first kappa shape index (κ1) is 15.8. The molecule has 1 saturated heterocycles. The molecular weight excluding hydrogens is 304 g/mol. The lowest BCUT2D eigenvalue weighted by atomic mass is 10.0. The molecule has 3 rings (SSSR count). The molecule has 1 aliphatic heterocycles. The molecule has 0 saturated carbocycles. The number of likely N-dealkylation sites (tertiary alicyclic amines) is 1. The minimum Gasteiger partial charge on any atom is -0.378 e. The van der Waals surface area contributed by atoms with Gasteiger partial charge in [0.1, 0.15) is 12.1 Å². The molecule has 2 atom stereocenters. The highest BCUT2D eigenvalue weighted by Crippen LogP contribution is 2.37. The molecule has 0 unspecified atom stereocenters. The van der Waals surface area contributed by atoms with Gasteiger partial charge in [-0.1, -0.05) is 6.92 Å². The molecule has 0 bridgehead atoms. The lowest BCUT2D eigenvalue weighted by Crippen LogP contribution is -2.38. The fourth-order valence-electron chi connectivity index (χ4n) is 3.44. The van der Waals surface area contributed by atoms with E-state index in [2.05, 4.69) is 26.6 Å². The van der Waals surface area contributed by atoms with Crippen molar-refractivity contribution in [2.45, 2.75) is 19.4 Å². The third-order valence-electron chi connectivity index (χ3n) is 4.67. The van der Waals surface area contributed by atoms with E-state index in [1.807, 2.05) is 25.4 Å². The summed E-state index contributed by atoms with van der Waals surface area (Å²) in [6.45, 7) is 10.7. The third-order valence-corrected chi connectivity index (χ3v) is 4.67. The summed E-state index contributed by atoms with van der Waals surface area (Å²) >= 11 is 0. The van der Waals surface area contributed by atoms with E-state index >= 15 is 0 Å². The summed E-state index contributed by atoms with van der Waals surface area (Å²) in [4.78, 5) is 26.8. The summed E-state index contributed by atoms with van der Waals surface area (Å²) in [7, 11) is 1.95. The number of nitrogens with zero attached hydrogens (tertiary/aromatic N) is 5. The monoisotopic (exact) mass is 322 g/mol. The molecule has 2 aromatic heterocycles. The van der Waals surface area contributed by atoms with Gasteiger partial charge in [-0.25, -0.2) is 4.85 Å². The Morgan fingerprint density at radius 2 is 2.42 bits per heavy atom. The van der Waals surface area contributed by atoms with Crippen molar-refractivity contribution in [2.75, 3.05) is 25.0 Å². The first-order valence-corrected chi connectivity index (χ1v) is 7.78. The lowest BCUT2D eigenvalue weighted by molar-refractivity contribution is -0.129. The summed E-state index contributed by atoms with van der Waals surface area (Å²) in [5.74, 6) is 0.116. The summed E-state index contributed by atoms with van der Waals surface area (Å²) in [5, 5.41) is 9.63. The van der Waals surface area contributed by atoms with Crippen LogP contribution in [-0.2, 0) is 4.79 Å².